The second-order valence-corrected chi connectivity index (χ2v) is 7.58. The van der Waals surface area contributed by atoms with Crippen LogP contribution in [0.4, 0.5) is 4.79 Å². The summed E-state index contributed by atoms with van der Waals surface area (Å²) in [5.41, 5.74) is 2.59. The minimum absolute atomic E-state index is 0.0811. The first-order chi connectivity index (χ1) is 15.1. The third kappa shape index (κ3) is 6.38. The smallest absolute Gasteiger partial charge is 0.449 e. The molecule has 3 rings (SSSR count). The zero-order chi connectivity index (χ0) is 22.1. The van der Waals surface area contributed by atoms with Crippen LogP contribution in [-0.2, 0) is 19.4 Å². The van der Waals surface area contributed by atoms with Crippen molar-refractivity contribution in [1.29, 1.82) is 0 Å². The Bertz CT molecular complexity index is 983. The van der Waals surface area contributed by atoms with Crippen molar-refractivity contribution in [3.8, 4) is 17.0 Å². The molecule has 164 valence electrons. The van der Waals surface area contributed by atoms with Crippen molar-refractivity contribution < 1.29 is 14.6 Å². The molecule has 0 amide bonds. The van der Waals surface area contributed by atoms with Gasteiger partial charge in [-0.15, -0.1) is 0 Å². The largest absolute Gasteiger partial charge is 0.512 e. The zero-order valence-electron chi connectivity index (χ0n) is 18.3. The first-order valence-electron chi connectivity index (χ1n) is 11.0. The Balaban J connectivity index is 1.77. The fraction of sp³-hybridized carbons (Fsp3) is 0.417. The Morgan fingerprint density at radius 1 is 1.03 bits per heavy atom. The summed E-state index contributed by atoms with van der Waals surface area (Å²) < 4.78 is 6.83. The van der Waals surface area contributed by atoms with Crippen LogP contribution in [0.15, 0.2) is 42.6 Å². The molecule has 0 radical (unpaired) electrons. The van der Waals surface area contributed by atoms with Gasteiger partial charge in [0.25, 0.3) is 0 Å². The summed E-state index contributed by atoms with van der Waals surface area (Å²) in [6.07, 6.45) is 7.71. The summed E-state index contributed by atoms with van der Waals surface area (Å²) in [6.45, 7) is 5.04. The summed E-state index contributed by atoms with van der Waals surface area (Å²) in [5.74, 6) is 2.06. The number of aryl methyl sites for hydroxylation is 2. The molecule has 0 fully saturated rings. The second kappa shape index (κ2) is 11.2. The van der Waals surface area contributed by atoms with E-state index >= 15 is 0 Å². The van der Waals surface area contributed by atoms with E-state index in [1.807, 2.05) is 28.9 Å². The maximum absolute atomic E-state index is 10.9. The highest BCUT2D eigenvalue weighted by atomic mass is 16.7. The molecule has 1 N–H and O–H groups in total. The number of ether oxygens (including phenoxy) is 1. The van der Waals surface area contributed by atoms with Gasteiger partial charge in [0.05, 0.1) is 6.54 Å². The number of carbonyl (C=O) groups is 1. The van der Waals surface area contributed by atoms with Gasteiger partial charge in [-0.1, -0.05) is 57.4 Å². The number of benzene rings is 1. The number of pyridine rings is 1. The molecule has 0 bridgehead atoms. The third-order valence-corrected chi connectivity index (χ3v) is 5.10. The molecule has 0 aliphatic heterocycles. The predicted octanol–water partition coefficient (Wildman–Crippen LogP) is 5.52. The number of carboxylic acid groups (broad SMARTS) is 1. The quantitative estimate of drug-likeness (QED) is 0.323. The number of aromatic nitrogens is 4. The molecule has 0 atom stereocenters. The monoisotopic (exact) mass is 422 g/mol. The van der Waals surface area contributed by atoms with Crippen LogP contribution in [0, 0.1) is 0 Å². The lowest BCUT2D eigenvalue weighted by molar-refractivity contribution is 0.143. The van der Waals surface area contributed by atoms with Crippen LogP contribution in [0.25, 0.3) is 11.1 Å². The minimum Gasteiger partial charge on any atom is -0.449 e. The Morgan fingerprint density at radius 2 is 1.81 bits per heavy atom. The van der Waals surface area contributed by atoms with Crippen molar-refractivity contribution in [2.45, 2.75) is 65.3 Å². The van der Waals surface area contributed by atoms with Crippen molar-refractivity contribution in [2.24, 2.45) is 0 Å². The lowest BCUT2D eigenvalue weighted by Crippen LogP contribution is -2.07. The molecule has 2 aromatic heterocycles. The first kappa shape index (κ1) is 22.5. The van der Waals surface area contributed by atoms with Gasteiger partial charge in [0.15, 0.2) is 5.82 Å². The zero-order valence-corrected chi connectivity index (χ0v) is 18.3. The fourth-order valence-corrected chi connectivity index (χ4v) is 3.45. The van der Waals surface area contributed by atoms with E-state index in [1.54, 1.807) is 12.1 Å². The second-order valence-electron chi connectivity index (χ2n) is 7.58. The average Bonchev–Trinajstić information content (AvgIpc) is 3.14. The molecular weight excluding hydrogens is 392 g/mol. The van der Waals surface area contributed by atoms with Gasteiger partial charge in [0.1, 0.15) is 5.82 Å². The van der Waals surface area contributed by atoms with Crippen LogP contribution in [0.3, 0.4) is 0 Å². The maximum atomic E-state index is 10.9. The third-order valence-electron chi connectivity index (χ3n) is 5.10. The molecule has 31 heavy (non-hydrogen) atoms. The molecule has 0 saturated carbocycles. The van der Waals surface area contributed by atoms with Crippen LogP contribution in [-0.4, -0.2) is 31.0 Å². The molecule has 0 aliphatic rings. The summed E-state index contributed by atoms with van der Waals surface area (Å²) in [5, 5.41) is 13.7. The molecule has 3 aromatic rings. The van der Waals surface area contributed by atoms with Crippen molar-refractivity contribution in [3.05, 3.63) is 59.8 Å². The van der Waals surface area contributed by atoms with Gasteiger partial charge in [-0.3, -0.25) is 0 Å². The maximum Gasteiger partial charge on any atom is 0.512 e. The summed E-state index contributed by atoms with van der Waals surface area (Å²) in [4.78, 5) is 19.7. The summed E-state index contributed by atoms with van der Waals surface area (Å²) >= 11 is 0. The number of hydrogen-bond acceptors (Lipinski definition) is 5. The van der Waals surface area contributed by atoms with Crippen LogP contribution in [0.1, 0.15) is 63.2 Å². The fourth-order valence-electron chi connectivity index (χ4n) is 3.45. The molecule has 0 aliphatic carbocycles. The Morgan fingerprint density at radius 3 is 2.52 bits per heavy atom. The van der Waals surface area contributed by atoms with Gasteiger partial charge < -0.3 is 9.84 Å². The van der Waals surface area contributed by atoms with Crippen LogP contribution >= 0.6 is 0 Å². The lowest BCUT2D eigenvalue weighted by Gasteiger charge is -2.09. The molecule has 0 spiro atoms. The van der Waals surface area contributed by atoms with E-state index in [9.17, 15) is 4.79 Å². The SMILES string of the molecule is CCCCCc1nc(CCCC)n(Cc2ccc(-c3cccnc3OC(=O)O)cc2)n1. The highest BCUT2D eigenvalue weighted by molar-refractivity contribution is 5.72. The van der Waals surface area contributed by atoms with Gasteiger partial charge in [-0.2, -0.15) is 5.10 Å². The molecule has 1 aromatic carbocycles. The molecule has 0 saturated heterocycles. The van der Waals surface area contributed by atoms with E-state index in [0.717, 1.165) is 54.9 Å². The van der Waals surface area contributed by atoms with Crippen molar-refractivity contribution in [2.75, 3.05) is 0 Å². The van der Waals surface area contributed by atoms with Crippen molar-refractivity contribution >= 4 is 6.16 Å². The Labute approximate surface area is 183 Å². The molecule has 7 nitrogen and oxygen atoms in total. The van der Waals surface area contributed by atoms with E-state index in [4.69, 9.17) is 19.9 Å². The highest BCUT2D eigenvalue weighted by Crippen LogP contribution is 2.28. The number of nitrogens with zero attached hydrogens (tertiary/aromatic N) is 4. The van der Waals surface area contributed by atoms with Crippen LogP contribution < -0.4 is 4.74 Å². The van der Waals surface area contributed by atoms with Crippen molar-refractivity contribution in [1.82, 2.24) is 19.7 Å². The van der Waals surface area contributed by atoms with E-state index in [0.29, 0.717) is 12.1 Å². The molecular formula is C24H30N4O3. The van der Waals surface area contributed by atoms with Gasteiger partial charge in [0.2, 0.25) is 5.88 Å². The first-order valence-corrected chi connectivity index (χ1v) is 11.0. The average molecular weight is 423 g/mol. The highest BCUT2D eigenvalue weighted by Gasteiger charge is 2.13. The van der Waals surface area contributed by atoms with Crippen molar-refractivity contribution in [3.63, 3.8) is 0 Å². The molecule has 7 heteroatoms. The summed E-state index contributed by atoms with van der Waals surface area (Å²) in [6, 6.07) is 11.5. The van der Waals surface area contributed by atoms with E-state index < -0.39 is 6.16 Å². The minimum atomic E-state index is -1.38. The van der Waals surface area contributed by atoms with E-state index in [1.165, 1.54) is 19.0 Å². The summed E-state index contributed by atoms with van der Waals surface area (Å²) in [7, 11) is 0. The lowest BCUT2D eigenvalue weighted by atomic mass is 10.1. The van der Waals surface area contributed by atoms with E-state index in [2.05, 4.69) is 18.8 Å². The normalized spacial score (nSPS) is 10.9. The van der Waals surface area contributed by atoms with Gasteiger partial charge in [-0.05, 0) is 36.1 Å². The number of unbranched alkanes of at least 4 members (excludes halogenated alkanes) is 3. The van der Waals surface area contributed by atoms with Gasteiger partial charge in [0, 0.05) is 24.6 Å². The Hall–Kier alpha value is -3.22. The van der Waals surface area contributed by atoms with Crippen LogP contribution in [0.5, 0.6) is 5.88 Å². The number of rotatable bonds is 11. The molecule has 0 unspecified atom stereocenters. The molecule has 2 heterocycles. The Kier molecular flexibility index (Phi) is 8.15. The predicted molar refractivity (Wildman–Crippen MR) is 119 cm³/mol. The standard InChI is InChI=1S/C24H30N4O3/c1-3-5-7-10-21-26-22(11-6-4-2)28(27-21)17-18-12-14-19(15-13-18)20-9-8-16-25-23(20)31-24(29)30/h8-9,12-16H,3-7,10-11,17H2,1-2H3,(H,29,30). The number of hydrogen-bond donors (Lipinski definition) is 1. The van der Waals surface area contributed by atoms with E-state index in [-0.39, 0.29) is 5.88 Å². The topological polar surface area (TPSA) is 90.1 Å². The van der Waals surface area contributed by atoms with Gasteiger partial charge >= 0.3 is 6.16 Å². The van der Waals surface area contributed by atoms with Crippen LogP contribution in [0.2, 0.25) is 0 Å². The van der Waals surface area contributed by atoms with Gasteiger partial charge in [-0.25, -0.2) is 19.4 Å².